The number of pyridine rings is 1. The van der Waals surface area contributed by atoms with Crippen LogP contribution in [0.1, 0.15) is 36.8 Å². The number of hydrogen-bond acceptors (Lipinski definition) is 3. The van der Waals surface area contributed by atoms with Gasteiger partial charge in [0, 0.05) is 24.0 Å². The number of anilines is 1. The van der Waals surface area contributed by atoms with E-state index in [1.165, 1.54) is 5.56 Å². The number of halogens is 1. The van der Waals surface area contributed by atoms with Crippen LogP contribution in [-0.2, 0) is 0 Å². The van der Waals surface area contributed by atoms with E-state index in [4.69, 9.17) is 16.3 Å². The van der Waals surface area contributed by atoms with Crippen LogP contribution in [0.15, 0.2) is 36.5 Å². The molecule has 2 amide bonds. The molecule has 1 aromatic carbocycles. The minimum absolute atomic E-state index is 0.129. The highest BCUT2D eigenvalue weighted by Gasteiger charge is 2.24. The number of nitrogens with one attached hydrogen (secondary N) is 2. The molecule has 26 heavy (non-hydrogen) atoms. The van der Waals surface area contributed by atoms with Crippen molar-refractivity contribution in [1.82, 2.24) is 10.3 Å². The molecule has 2 N–H and O–H groups in total. The van der Waals surface area contributed by atoms with Gasteiger partial charge in [-0.1, -0.05) is 17.7 Å². The average molecular weight is 374 g/mol. The summed E-state index contributed by atoms with van der Waals surface area (Å²) in [7, 11) is 0. The van der Waals surface area contributed by atoms with E-state index in [0.29, 0.717) is 10.9 Å². The highest BCUT2D eigenvalue weighted by Crippen LogP contribution is 2.23. The number of hydrogen-bond donors (Lipinski definition) is 2. The Morgan fingerprint density at radius 1 is 1.12 bits per heavy atom. The van der Waals surface area contributed by atoms with Gasteiger partial charge in [0.2, 0.25) is 5.88 Å². The molecule has 1 heterocycles. The Kier molecular flexibility index (Phi) is 5.99. The van der Waals surface area contributed by atoms with Crippen LogP contribution in [-0.4, -0.2) is 23.2 Å². The van der Waals surface area contributed by atoms with Crippen molar-refractivity contribution in [3.05, 3.63) is 52.7 Å². The van der Waals surface area contributed by atoms with Crippen LogP contribution in [0.5, 0.6) is 5.88 Å². The van der Waals surface area contributed by atoms with E-state index in [9.17, 15) is 4.79 Å². The van der Waals surface area contributed by atoms with E-state index >= 15 is 0 Å². The maximum absolute atomic E-state index is 12.2. The lowest BCUT2D eigenvalue weighted by Gasteiger charge is -2.29. The first-order valence-corrected chi connectivity index (χ1v) is 9.30. The molecule has 2 aromatic rings. The molecular weight excluding hydrogens is 350 g/mol. The molecule has 1 aromatic heterocycles. The van der Waals surface area contributed by atoms with Gasteiger partial charge >= 0.3 is 6.03 Å². The van der Waals surface area contributed by atoms with Crippen molar-refractivity contribution in [1.29, 1.82) is 0 Å². The number of rotatable bonds is 4. The van der Waals surface area contributed by atoms with E-state index in [0.717, 1.165) is 36.9 Å². The van der Waals surface area contributed by atoms with Crippen LogP contribution in [0.2, 0.25) is 5.02 Å². The Balaban J connectivity index is 1.43. The van der Waals surface area contributed by atoms with Gasteiger partial charge in [0.05, 0.1) is 5.02 Å². The smallest absolute Gasteiger partial charge is 0.319 e. The van der Waals surface area contributed by atoms with Crippen molar-refractivity contribution in [3.8, 4) is 5.88 Å². The molecule has 1 aliphatic rings. The lowest BCUT2D eigenvalue weighted by molar-refractivity contribution is 0.135. The fraction of sp³-hybridized carbons (Fsp3) is 0.400. The van der Waals surface area contributed by atoms with Crippen LogP contribution in [0.3, 0.4) is 0 Å². The van der Waals surface area contributed by atoms with Crippen LogP contribution >= 0.6 is 11.6 Å². The van der Waals surface area contributed by atoms with Gasteiger partial charge in [0.15, 0.2) is 0 Å². The number of ether oxygens (including phenoxy) is 1. The monoisotopic (exact) mass is 373 g/mol. The zero-order chi connectivity index (χ0) is 18.5. The largest absolute Gasteiger partial charge is 0.474 e. The summed E-state index contributed by atoms with van der Waals surface area (Å²) < 4.78 is 5.89. The Bertz CT molecular complexity index is 756. The molecule has 138 valence electrons. The molecular formula is C20H24ClN3O2. The highest BCUT2D eigenvalue weighted by molar-refractivity contribution is 6.30. The third-order valence-electron chi connectivity index (χ3n) is 4.76. The van der Waals surface area contributed by atoms with Gasteiger partial charge in [0.25, 0.3) is 0 Å². The predicted octanol–water partition coefficient (Wildman–Crippen LogP) is 4.86. The average Bonchev–Trinajstić information content (AvgIpc) is 2.62. The first-order valence-electron chi connectivity index (χ1n) is 8.92. The zero-order valence-corrected chi connectivity index (χ0v) is 15.8. The standard InChI is InChI=1S/C20H24ClN3O2/c1-13-3-5-17(11-14(13)2)24-20(25)23-16-6-8-18(9-7-16)26-19-10-4-15(21)12-22-19/h3-5,10-12,16,18H,6-9H2,1-2H3,(H2,23,24,25). The molecule has 0 unspecified atom stereocenters. The summed E-state index contributed by atoms with van der Waals surface area (Å²) in [5, 5.41) is 6.56. The minimum Gasteiger partial charge on any atom is -0.474 e. The minimum atomic E-state index is -0.156. The molecule has 0 spiro atoms. The maximum atomic E-state index is 12.2. The van der Waals surface area contributed by atoms with Crippen molar-refractivity contribution < 1.29 is 9.53 Å². The second-order valence-electron chi connectivity index (χ2n) is 6.80. The molecule has 5 nitrogen and oxygen atoms in total. The van der Waals surface area contributed by atoms with Gasteiger partial charge in [-0.3, -0.25) is 0 Å². The summed E-state index contributed by atoms with van der Waals surface area (Å²) in [5.74, 6) is 0.596. The van der Waals surface area contributed by atoms with Crippen molar-refractivity contribution in [2.24, 2.45) is 0 Å². The predicted molar refractivity (Wildman–Crippen MR) is 104 cm³/mol. The number of aryl methyl sites for hydroxylation is 2. The quantitative estimate of drug-likeness (QED) is 0.804. The number of nitrogens with zero attached hydrogens (tertiary/aromatic N) is 1. The first-order chi connectivity index (χ1) is 12.5. The molecule has 3 rings (SSSR count). The van der Waals surface area contributed by atoms with Crippen LogP contribution in [0.25, 0.3) is 0 Å². The zero-order valence-electron chi connectivity index (χ0n) is 15.1. The molecule has 0 saturated heterocycles. The van der Waals surface area contributed by atoms with Crippen LogP contribution < -0.4 is 15.4 Å². The normalized spacial score (nSPS) is 19.7. The maximum Gasteiger partial charge on any atom is 0.319 e. The van der Waals surface area contributed by atoms with Gasteiger partial charge in [-0.25, -0.2) is 9.78 Å². The Morgan fingerprint density at radius 3 is 2.54 bits per heavy atom. The first kappa shape index (κ1) is 18.5. The number of benzene rings is 1. The van der Waals surface area contributed by atoms with Crippen molar-refractivity contribution >= 4 is 23.3 Å². The van der Waals surface area contributed by atoms with E-state index in [2.05, 4.69) is 22.5 Å². The van der Waals surface area contributed by atoms with Gasteiger partial charge < -0.3 is 15.4 Å². The summed E-state index contributed by atoms with van der Waals surface area (Å²) in [5.41, 5.74) is 3.19. The topological polar surface area (TPSA) is 63.2 Å². The molecule has 0 bridgehead atoms. The van der Waals surface area contributed by atoms with Crippen molar-refractivity contribution in [3.63, 3.8) is 0 Å². The number of urea groups is 1. The summed E-state index contributed by atoms with van der Waals surface area (Å²) in [4.78, 5) is 16.4. The van der Waals surface area contributed by atoms with Gasteiger partial charge in [0.1, 0.15) is 6.10 Å². The molecule has 1 aliphatic carbocycles. The molecule has 0 radical (unpaired) electrons. The summed E-state index contributed by atoms with van der Waals surface area (Å²) in [6, 6.07) is 9.48. The summed E-state index contributed by atoms with van der Waals surface area (Å²) >= 11 is 5.83. The van der Waals surface area contributed by atoms with Crippen LogP contribution in [0, 0.1) is 13.8 Å². The van der Waals surface area contributed by atoms with Gasteiger partial charge in [-0.2, -0.15) is 0 Å². The lowest BCUT2D eigenvalue weighted by atomic mass is 9.93. The Hall–Kier alpha value is -2.27. The lowest BCUT2D eigenvalue weighted by Crippen LogP contribution is -2.41. The molecule has 1 saturated carbocycles. The number of carbonyl (C=O) groups is 1. The molecule has 0 aliphatic heterocycles. The molecule has 0 atom stereocenters. The third-order valence-corrected chi connectivity index (χ3v) is 4.99. The number of amides is 2. The Labute approximate surface area is 159 Å². The fourth-order valence-electron chi connectivity index (χ4n) is 3.10. The summed E-state index contributed by atoms with van der Waals surface area (Å²) in [6.07, 6.45) is 5.26. The Morgan fingerprint density at radius 2 is 1.88 bits per heavy atom. The summed E-state index contributed by atoms with van der Waals surface area (Å²) in [6.45, 7) is 4.09. The van der Waals surface area contributed by atoms with Crippen LogP contribution in [0.4, 0.5) is 10.5 Å². The highest BCUT2D eigenvalue weighted by atomic mass is 35.5. The number of aromatic nitrogens is 1. The van der Waals surface area contributed by atoms with Crippen molar-refractivity contribution in [2.75, 3.05) is 5.32 Å². The van der Waals surface area contributed by atoms with E-state index in [-0.39, 0.29) is 18.2 Å². The second-order valence-corrected chi connectivity index (χ2v) is 7.24. The van der Waals surface area contributed by atoms with Gasteiger partial charge in [-0.15, -0.1) is 0 Å². The van der Waals surface area contributed by atoms with E-state index < -0.39 is 0 Å². The van der Waals surface area contributed by atoms with E-state index in [1.54, 1.807) is 18.3 Å². The SMILES string of the molecule is Cc1ccc(NC(=O)NC2CCC(Oc3ccc(Cl)cn3)CC2)cc1C. The fourth-order valence-corrected chi connectivity index (χ4v) is 3.21. The molecule has 1 fully saturated rings. The molecule has 6 heteroatoms. The third kappa shape index (κ3) is 5.11. The van der Waals surface area contributed by atoms with Crippen molar-refractivity contribution in [2.45, 2.75) is 51.7 Å². The number of carbonyl (C=O) groups excluding carboxylic acids is 1. The van der Waals surface area contributed by atoms with Gasteiger partial charge in [-0.05, 0) is 68.9 Å². The van der Waals surface area contributed by atoms with E-state index in [1.807, 2.05) is 25.1 Å². The second kappa shape index (κ2) is 8.41.